The van der Waals surface area contributed by atoms with Gasteiger partial charge in [0.25, 0.3) is 0 Å². The predicted octanol–water partition coefficient (Wildman–Crippen LogP) is 4.82. The van der Waals surface area contributed by atoms with Gasteiger partial charge in [0.2, 0.25) is 0 Å². The summed E-state index contributed by atoms with van der Waals surface area (Å²) < 4.78 is 5.56. The second-order valence-corrected chi connectivity index (χ2v) is 6.23. The van der Waals surface area contributed by atoms with Crippen LogP contribution >= 0.6 is 0 Å². The van der Waals surface area contributed by atoms with E-state index in [1.807, 2.05) is 19.1 Å². The number of hydrogen-bond donors (Lipinski definition) is 2. The molecule has 2 aromatic carbocycles. The standard InChI is InChI=1S/C21H26N2O/c1-3-24-17-10-8-16(9-11-17)21-18(6-4-5-13-22)19-14-15(2)7-12-20(19)23-21/h7-12,14,23H,3-6,13,22H2,1-2H3. The third-order valence-electron chi connectivity index (χ3n) is 4.40. The largest absolute Gasteiger partial charge is 0.494 e. The molecule has 3 nitrogen and oxygen atoms in total. The third-order valence-corrected chi connectivity index (χ3v) is 4.40. The number of aromatic amines is 1. The van der Waals surface area contributed by atoms with Crippen LogP contribution in [0.1, 0.15) is 30.9 Å². The Morgan fingerprint density at radius 3 is 2.54 bits per heavy atom. The number of aromatic nitrogens is 1. The molecule has 0 radical (unpaired) electrons. The van der Waals surface area contributed by atoms with E-state index in [1.54, 1.807) is 0 Å². The second-order valence-electron chi connectivity index (χ2n) is 6.23. The van der Waals surface area contributed by atoms with Crippen molar-refractivity contribution in [3.05, 3.63) is 53.6 Å². The number of aryl methyl sites for hydroxylation is 2. The maximum absolute atomic E-state index is 5.68. The molecule has 0 unspecified atom stereocenters. The van der Waals surface area contributed by atoms with Crippen LogP contribution in [0.4, 0.5) is 0 Å². The second kappa shape index (κ2) is 7.54. The molecule has 3 heteroatoms. The van der Waals surface area contributed by atoms with E-state index in [0.29, 0.717) is 6.61 Å². The van der Waals surface area contributed by atoms with Crippen LogP contribution < -0.4 is 10.5 Å². The van der Waals surface area contributed by atoms with E-state index < -0.39 is 0 Å². The molecule has 24 heavy (non-hydrogen) atoms. The molecule has 0 atom stereocenters. The third kappa shape index (κ3) is 3.46. The molecule has 126 valence electrons. The van der Waals surface area contributed by atoms with E-state index in [4.69, 9.17) is 10.5 Å². The number of nitrogens with two attached hydrogens (primary N) is 1. The van der Waals surface area contributed by atoms with Gasteiger partial charge in [-0.1, -0.05) is 11.6 Å². The Bertz CT molecular complexity index is 803. The highest BCUT2D eigenvalue weighted by molar-refractivity contribution is 5.91. The number of H-pyrrole nitrogens is 1. The minimum absolute atomic E-state index is 0.690. The summed E-state index contributed by atoms with van der Waals surface area (Å²) in [5.74, 6) is 0.915. The molecule has 0 saturated heterocycles. The topological polar surface area (TPSA) is 51.0 Å². The molecule has 0 saturated carbocycles. The zero-order valence-electron chi connectivity index (χ0n) is 14.6. The first-order valence-corrected chi connectivity index (χ1v) is 8.77. The number of ether oxygens (including phenoxy) is 1. The van der Waals surface area contributed by atoms with Crippen LogP contribution in [0.15, 0.2) is 42.5 Å². The summed E-state index contributed by atoms with van der Waals surface area (Å²) in [4.78, 5) is 3.61. The lowest BCUT2D eigenvalue weighted by Crippen LogP contribution is -1.99. The van der Waals surface area contributed by atoms with E-state index >= 15 is 0 Å². The van der Waals surface area contributed by atoms with Gasteiger partial charge in [-0.3, -0.25) is 0 Å². The highest BCUT2D eigenvalue weighted by atomic mass is 16.5. The summed E-state index contributed by atoms with van der Waals surface area (Å²) in [5.41, 5.74) is 12.0. The Balaban J connectivity index is 2.03. The fourth-order valence-corrected chi connectivity index (χ4v) is 3.20. The number of benzene rings is 2. The maximum Gasteiger partial charge on any atom is 0.119 e. The van der Waals surface area contributed by atoms with Gasteiger partial charge in [-0.25, -0.2) is 0 Å². The molecule has 3 rings (SSSR count). The summed E-state index contributed by atoms with van der Waals surface area (Å²) in [6.45, 7) is 5.59. The fourth-order valence-electron chi connectivity index (χ4n) is 3.20. The Labute approximate surface area is 143 Å². The van der Waals surface area contributed by atoms with E-state index in [9.17, 15) is 0 Å². The van der Waals surface area contributed by atoms with Crippen LogP contribution in [-0.2, 0) is 6.42 Å². The van der Waals surface area contributed by atoms with Crippen LogP contribution in [0.5, 0.6) is 5.75 Å². The smallest absolute Gasteiger partial charge is 0.119 e. The molecular formula is C21H26N2O. The van der Waals surface area contributed by atoms with Gasteiger partial charge in [-0.15, -0.1) is 0 Å². The van der Waals surface area contributed by atoms with Gasteiger partial charge >= 0.3 is 0 Å². The van der Waals surface area contributed by atoms with Gasteiger partial charge in [0, 0.05) is 16.6 Å². The highest BCUT2D eigenvalue weighted by Crippen LogP contribution is 2.33. The summed E-state index contributed by atoms with van der Waals surface area (Å²) in [5, 5.41) is 1.33. The average Bonchev–Trinajstić information content (AvgIpc) is 2.94. The van der Waals surface area contributed by atoms with Crippen molar-refractivity contribution >= 4 is 10.9 Å². The van der Waals surface area contributed by atoms with Crippen LogP contribution in [0.25, 0.3) is 22.2 Å². The quantitative estimate of drug-likeness (QED) is 0.612. The molecule has 0 aliphatic rings. The van der Waals surface area contributed by atoms with Crippen molar-refractivity contribution < 1.29 is 4.74 Å². The lowest BCUT2D eigenvalue weighted by atomic mass is 9.99. The Morgan fingerprint density at radius 1 is 1.04 bits per heavy atom. The van der Waals surface area contributed by atoms with Gasteiger partial charge in [0.1, 0.15) is 5.75 Å². The van der Waals surface area contributed by atoms with Crippen LogP contribution in [-0.4, -0.2) is 18.1 Å². The molecule has 0 fully saturated rings. The number of hydrogen-bond acceptors (Lipinski definition) is 2. The van der Waals surface area contributed by atoms with E-state index in [0.717, 1.165) is 31.6 Å². The van der Waals surface area contributed by atoms with Gasteiger partial charge in [-0.05, 0) is 87.2 Å². The predicted molar refractivity (Wildman–Crippen MR) is 102 cm³/mol. The SMILES string of the molecule is CCOc1ccc(-c2[nH]c3ccc(C)cc3c2CCCCN)cc1. The first-order valence-electron chi connectivity index (χ1n) is 8.77. The van der Waals surface area contributed by atoms with Crippen molar-refractivity contribution in [2.45, 2.75) is 33.1 Å². The molecule has 0 spiro atoms. The first kappa shape index (κ1) is 16.6. The summed E-state index contributed by atoms with van der Waals surface area (Å²) >= 11 is 0. The number of nitrogens with one attached hydrogen (secondary N) is 1. The normalized spacial score (nSPS) is 11.1. The first-order chi connectivity index (χ1) is 11.7. The van der Waals surface area contributed by atoms with E-state index in [2.05, 4.69) is 42.2 Å². The van der Waals surface area contributed by atoms with Gasteiger partial charge in [0.05, 0.1) is 6.61 Å². The summed E-state index contributed by atoms with van der Waals surface area (Å²) in [7, 11) is 0. The number of fused-ring (bicyclic) bond motifs is 1. The van der Waals surface area contributed by atoms with Crippen molar-refractivity contribution in [2.75, 3.05) is 13.2 Å². The molecule has 0 aliphatic heterocycles. The molecule has 0 amide bonds. The highest BCUT2D eigenvalue weighted by Gasteiger charge is 2.13. The van der Waals surface area contributed by atoms with Gasteiger partial charge < -0.3 is 15.5 Å². The van der Waals surface area contributed by atoms with E-state index in [1.165, 1.54) is 33.3 Å². The van der Waals surface area contributed by atoms with Crippen LogP contribution in [0.3, 0.4) is 0 Å². The summed E-state index contributed by atoms with van der Waals surface area (Å²) in [6.07, 6.45) is 3.21. The van der Waals surface area contributed by atoms with Crippen LogP contribution in [0.2, 0.25) is 0 Å². The van der Waals surface area contributed by atoms with Crippen molar-refractivity contribution in [3.8, 4) is 17.0 Å². The van der Waals surface area contributed by atoms with Gasteiger partial charge in [-0.2, -0.15) is 0 Å². The summed E-state index contributed by atoms with van der Waals surface area (Å²) in [6, 6.07) is 15.0. The van der Waals surface area contributed by atoms with Crippen molar-refractivity contribution in [3.63, 3.8) is 0 Å². The number of unbranched alkanes of at least 4 members (excludes halogenated alkanes) is 1. The molecule has 0 aliphatic carbocycles. The Kier molecular flexibility index (Phi) is 5.21. The lowest BCUT2D eigenvalue weighted by molar-refractivity contribution is 0.340. The van der Waals surface area contributed by atoms with E-state index in [-0.39, 0.29) is 0 Å². The molecule has 1 heterocycles. The van der Waals surface area contributed by atoms with Gasteiger partial charge in [0.15, 0.2) is 0 Å². The van der Waals surface area contributed by atoms with Crippen molar-refractivity contribution in [2.24, 2.45) is 5.73 Å². The van der Waals surface area contributed by atoms with Crippen molar-refractivity contribution in [1.82, 2.24) is 4.98 Å². The zero-order chi connectivity index (χ0) is 16.9. The van der Waals surface area contributed by atoms with Crippen LogP contribution in [0, 0.1) is 6.92 Å². The molecule has 0 bridgehead atoms. The molecular weight excluding hydrogens is 296 g/mol. The molecule has 3 N–H and O–H groups in total. The number of rotatable bonds is 7. The average molecular weight is 322 g/mol. The zero-order valence-corrected chi connectivity index (χ0v) is 14.6. The Hall–Kier alpha value is -2.26. The molecule has 1 aromatic heterocycles. The monoisotopic (exact) mass is 322 g/mol. The fraction of sp³-hybridized carbons (Fsp3) is 0.333. The minimum Gasteiger partial charge on any atom is -0.494 e. The minimum atomic E-state index is 0.690. The maximum atomic E-state index is 5.68. The molecule has 3 aromatic rings. The Morgan fingerprint density at radius 2 is 1.83 bits per heavy atom. The lowest BCUT2D eigenvalue weighted by Gasteiger charge is -2.07. The van der Waals surface area contributed by atoms with Crippen molar-refractivity contribution in [1.29, 1.82) is 0 Å².